The van der Waals surface area contributed by atoms with Gasteiger partial charge in [0.25, 0.3) is 0 Å². The quantitative estimate of drug-likeness (QED) is 0.561. The third-order valence-corrected chi connectivity index (χ3v) is 1.64. The van der Waals surface area contributed by atoms with E-state index in [4.69, 9.17) is 5.11 Å². The fraction of sp³-hybridized carbons (Fsp3) is 0.250. The van der Waals surface area contributed by atoms with Gasteiger partial charge in [0.05, 0.1) is 17.1 Å². The molecule has 0 aliphatic heterocycles. The molecule has 0 aliphatic carbocycles. The lowest BCUT2D eigenvalue weighted by Gasteiger charge is -2.01. The average molecular weight is 185 g/mol. The van der Waals surface area contributed by atoms with Crippen molar-refractivity contribution in [2.75, 3.05) is 0 Å². The first-order valence-electron chi connectivity index (χ1n) is 3.60. The molecule has 0 amide bonds. The van der Waals surface area contributed by atoms with E-state index in [1.807, 2.05) is 0 Å². The molecule has 0 bridgehead atoms. The molecule has 0 unspecified atom stereocenters. The lowest BCUT2D eigenvalue weighted by molar-refractivity contribution is -0.388. The van der Waals surface area contributed by atoms with Crippen LogP contribution in [0.1, 0.15) is 11.1 Å². The predicted octanol–water partition coefficient (Wildman–Crippen LogP) is 1.53. The number of hydrogen-bond acceptors (Lipinski definition) is 3. The summed E-state index contributed by atoms with van der Waals surface area (Å²) in [6.07, 6.45) is 0. The average Bonchev–Trinajstić information content (AvgIpc) is 2.01. The van der Waals surface area contributed by atoms with E-state index in [9.17, 15) is 14.5 Å². The number of aryl methyl sites for hydroxylation is 1. The van der Waals surface area contributed by atoms with Crippen LogP contribution in [0.4, 0.5) is 10.1 Å². The third kappa shape index (κ3) is 1.81. The van der Waals surface area contributed by atoms with Gasteiger partial charge < -0.3 is 5.11 Å². The van der Waals surface area contributed by atoms with Crippen molar-refractivity contribution in [1.29, 1.82) is 0 Å². The van der Waals surface area contributed by atoms with Gasteiger partial charge in [-0.25, -0.2) is 0 Å². The van der Waals surface area contributed by atoms with Gasteiger partial charge in [0.2, 0.25) is 5.82 Å². The summed E-state index contributed by atoms with van der Waals surface area (Å²) in [5.74, 6) is -0.908. The van der Waals surface area contributed by atoms with Gasteiger partial charge in [-0.15, -0.1) is 0 Å². The van der Waals surface area contributed by atoms with Crippen LogP contribution in [-0.4, -0.2) is 10.0 Å². The summed E-state index contributed by atoms with van der Waals surface area (Å²) in [5.41, 5.74) is -0.0947. The lowest BCUT2D eigenvalue weighted by Crippen LogP contribution is -1.99. The van der Waals surface area contributed by atoms with Gasteiger partial charge in [-0.1, -0.05) is 0 Å². The third-order valence-electron chi connectivity index (χ3n) is 1.64. The van der Waals surface area contributed by atoms with E-state index in [0.717, 1.165) is 6.07 Å². The first kappa shape index (κ1) is 9.60. The lowest BCUT2D eigenvalue weighted by atomic mass is 10.1. The van der Waals surface area contributed by atoms with Crippen molar-refractivity contribution in [3.05, 3.63) is 39.2 Å². The van der Waals surface area contributed by atoms with Crippen LogP contribution >= 0.6 is 0 Å². The summed E-state index contributed by atoms with van der Waals surface area (Å²) in [4.78, 5) is 9.53. The molecule has 0 fully saturated rings. The summed E-state index contributed by atoms with van der Waals surface area (Å²) in [6, 6.07) is 2.46. The number of aliphatic hydroxyl groups excluding tert-OH is 1. The van der Waals surface area contributed by atoms with Crippen molar-refractivity contribution in [3.8, 4) is 0 Å². The molecule has 1 aromatic rings. The number of nitro benzene ring substituents is 1. The number of aliphatic hydroxyl groups is 1. The molecule has 0 saturated heterocycles. The number of rotatable bonds is 2. The molecular formula is C8H8FNO3. The first-order valence-corrected chi connectivity index (χ1v) is 3.60. The van der Waals surface area contributed by atoms with Crippen LogP contribution in [0, 0.1) is 22.9 Å². The topological polar surface area (TPSA) is 63.4 Å². The van der Waals surface area contributed by atoms with Crippen LogP contribution in [0.15, 0.2) is 12.1 Å². The van der Waals surface area contributed by atoms with E-state index < -0.39 is 23.0 Å². The maximum Gasteiger partial charge on any atom is 0.310 e. The minimum absolute atomic E-state index is 0.00231. The van der Waals surface area contributed by atoms with E-state index in [2.05, 4.69) is 0 Å². The van der Waals surface area contributed by atoms with Crippen molar-refractivity contribution < 1.29 is 14.4 Å². The highest BCUT2D eigenvalue weighted by atomic mass is 19.1. The molecule has 70 valence electrons. The minimum Gasteiger partial charge on any atom is -0.391 e. The molecule has 1 aromatic carbocycles. The summed E-state index contributed by atoms with van der Waals surface area (Å²) < 4.78 is 13.0. The second kappa shape index (κ2) is 3.49. The van der Waals surface area contributed by atoms with Crippen molar-refractivity contribution in [3.63, 3.8) is 0 Å². The summed E-state index contributed by atoms with van der Waals surface area (Å²) >= 11 is 0. The smallest absolute Gasteiger partial charge is 0.310 e. The Bertz CT molecular complexity index is 351. The molecule has 0 radical (unpaired) electrons. The maximum atomic E-state index is 13.0. The Kier molecular flexibility index (Phi) is 2.57. The Hall–Kier alpha value is -1.49. The van der Waals surface area contributed by atoms with E-state index in [1.165, 1.54) is 6.07 Å². The van der Waals surface area contributed by atoms with Crippen LogP contribution in [0.5, 0.6) is 0 Å². The van der Waals surface area contributed by atoms with Crippen molar-refractivity contribution in [1.82, 2.24) is 0 Å². The number of halogens is 1. The number of benzene rings is 1. The standard InChI is InChI=1S/C8H8FNO3/c1-5-2-6(4-11)8(10(12)13)7(9)3-5/h2-3,11H,4H2,1H3. The zero-order valence-electron chi connectivity index (χ0n) is 6.95. The molecule has 0 spiro atoms. The Labute approximate surface area is 73.8 Å². The monoisotopic (exact) mass is 185 g/mol. The highest BCUT2D eigenvalue weighted by Gasteiger charge is 2.19. The van der Waals surface area contributed by atoms with Gasteiger partial charge in [0.15, 0.2) is 0 Å². The van der Waals surface area contributed by atoms with Gasteiger partial charge in [-0.3, -0.25) is 10.1 Å². The van der Waals surface area contributed by atoms with Gasteiger partial charge in [0, 0.05) is 0 Å². The number of hydrogen-bond donors (Lipinski definition) is 1. The fourth-order valence-corrected chi connectivity index (χ4v) is 1.13. The number of nitrogens with zero attached hydrogens (tertiary/aromatic N) is 1. The number of nitro groups is 1. The van der Waals surface area contributed by atoms with Crippen molar-refractivity contribution in [2.24, 2.45) is 0 Å². The molecule has 1 rings (SSSR count). The van der Waals surface area contributed by atoms with Gasteiger partial charge in [0.1, 0.15) is 0 Å². The van der Waals surface area contributed by atoms with E-state index in [-0.39, 0.29) is 5.56 Å². The van der Waals surface area contributed by atoms with Crippen LogP contribution in [0.25, 0.3) is 0 Å². The van der Waals surface area contributed by atoms with Gasteiger partial charge in [-0.2, -0.15) is 4.39 Å². The predicted molar refractivity (Wildman–Crippen MR) is 43.7 cm³/mol. The largest absolute Gasteiger partial charge is 0.391 e. The molecule has 0 saturated carbocycles. The van der Waals surface area contributed by atoms with E-state index in [0.29, 0.717) is 5.56 Å². The van der Waals surface area contributed by atoms with Gasteiger partial charge in [-0.05, 0) is 24.6 Å². The summed E-state index contributed by atoms with van der Waals surface area (Å²) in [7, 11) is 0. The zero-order valence-corrected chi connectivity index (χ0v) is 6.95. The molecule has 5 heteroatoms. The normalized spacial score (nSPS) is 10.1. The Morgan fingerprint density at radius 3 is 2.69 bits per heavy atom. The molecule has 0 heterocycles. The molecule has 0 atom stereocenters. The van der Waals surface area contributed by atoms with E-state index in [1.54, 1.807) is 6.92 Å². The molecule has 0 aromatic heterocycles. The SMILES string of the molecule is Cc1cc(F)c([N+](=O)[O-])c(CO)c1. The van der Waals surface area contributed by atoms with E-state index >= 15 is 0 Å². The second-order valence-electron chi connectivity index (χ2n) is 2.67. The molecule has 0 aliphatic rings. The summed E-state index contributed by atoms with van der Waals surface area (Å²) in [6.45, 7) is 1.07. The summed E-state index contributed by atoms with van der Waals surface area (Å²) in [5, 5.41) is 19.1. The second-order valence-corrected chi connectivity index (χ2v) is 2.67. The van der Waals surface area contributed by atoms with Crippen LogP contribution < -0.4 is 0 Å². The zero-order chi connectivity index (χ0) is 10.0. The molecular weight excluding hydrogens is 177 g/mol. The van der Waals surface area contributed by atoms with Crippen LogP contribution in [-0.2, 0) is 6.61 Å². The molecule has 13 heavy (non-hydrogen) atoms. The van der Waals surface area contributed by atoms with Gasteiger partial charge >= 0.3 is 5.69 Å². The Morgan fingerprint density at radius 2 is 2.23 bits per heavy atom. The van der Waals surface area contributed by atoms with Crippen molar-refractivity contribution >= 4 is 5.69 Å². The first-order chi connectivity index (χ1) is 6.06. The highest BCUT2D eigenvalue weighted by Crippen LogP contribution is 2.23. The Balaban J connectivity index is 3.38. The molecule has 4 nitrogen and oxygen atoms in total. The Morgan fingerprint density at radius 1 is 1.62 bits per heavy atom. The van der Waals surface area contributed by atoms with Crippen LogP contribution in [0.3, 0.4) is 0 Å². The fourth-order valence-electron chi connectivity index (χ4n) is 1.13. The van der Waals surface area contributed by atoms with Crippen LogP contribution in [0.2, 0.25) is 0 Å². The van der Waals surface area contributed by atoms with Crippen molar-refractivity contribution in [2.45, 2.75) is 13.5 Å². The minimum atomic E-state index is -0.908. The highest BCUT2D eigenvalue weighted by molar-refractivity contribution is 5.43. The molecule has 1 N–H and O–H groups in total. The maximum absolute atomic E-state index is 13.0.